The minimum absolute atomic E-state index is 0.148. The largest absolute Gasteiger partial charge is 0.416 e. The summed E-state index contributed by atoms with van der Waals surface area (Å²) in [7, 11) is 0. The van der Waals surface area contributed by atoms with Gasteiger partial charge in [-0.05, 0) is 47.5 Å². The molecule has 1 aliphatic heterocycles. The van der Waals surface area contributed by atoms with Crippen molar-refractivity contribution in [3.8, 4) is 0 Å². The summed E-state index contributed by atoms with van der Waals surface area (Å²) in [4.78, 5) is 12.7. The summed E-state index contributed by atoms with van der Waals surface area (Å²) < 4.78 is 77.1. The fourth-order valence-electron chi connectivity index (χ4n) is 2.94. The van der Waals surface area contributed by atoms with E-state index in [9.17, 15) is 31.1 Å². The van der Waals surface area contributed by atoms with Crippen molar-refractivity contribution < 1.29 is 31.1 Å². The van der Waals surface area contributed by atoms with Crippen LogP contribution in [0.15, 0.2) is 59.7 Å². The van der Waals surface area contributed by atoms with Crippen molar-refractivity contribution in [3.05, 3.63) is 81.9 Å². The van der Waals surface area contributed by atoms with E-state index < -0.39 is 29.3 Å². The summed E-state index contributed by atoms with van der Waals surface area (Å²) in [6.07, 6.45) is -6.30. The van der Waals surface area contributed by atoms with Crippen LogP contribution in [-0.4, -0.2) is 18.9 Å². The molecule has 1 heterocycles. The van der Waals surface area contributed by atoms with E-state index in [4.69, 9.17) is 0 Å². The summed E-state index contributed by atoms with van der Waals surface area (Å²) in [5.41, 5.74) is -0.774. The van der Waals surface area contributed by atoms with Gasteiger partial charge in [-0.1, -0.05) is 24.3 Å². The molecule has 152 valence electrons. The number of hydrogen-bond acceptors (Lipinski definition) is 2. The third-order valence-electron chi connectivity index (χ3n) is 4.32. The molecule has 0 amide bonds. The lowest BCUT2D eigenvalue weighted by Gasteiger charge is -2.18. The van der Waals surface area contributed by atoms with Crippen molar-refractivity contribution in [2.24, 2.45) is 0 Å². The zero-order valence-corrected chi connectivity index (χ0v) is 14.9. The van der Waals surface area contributed by atoms with Crippen LogP contribution in [0.4, 0.5) is 26.3 Å². The number of carbonyl (C=O) groups excluding carboxylic acids is 1. The number of hydrogen-bond donors (Lipinski definition) is 1. The Hall–Kier alpha value is -2.87. The van der Waals surface area contributed by atoms with Crippen LogP contribution in [-0.2, 0) is 17.1 Å². The predicted octanol–water partition coefficient (Wildman–Crippen LogP) is 5.36. The van der Waals surface area contributed by atoms with Crippen molar-refractivity contribution >= 4 is 17.9 Å². The second kappa shape index (κ2) is 7.87. The summed E-state index contributed by atoms with van der Waals surface area (Å²) in [5.74, 6) is -0.418. The zero-order chi connectivity index (χ0) is 21.2. The zero-order valence-electron chi connectivity index (χ0n) is 14.9. The van der Waals surface area contributed by atoms with E-state index in [0.717, 1.165) is 24.3 Å². The van der Waals surface area contributed by atoms with E-state index in [-0.39, 0.29) is 35.4 Å². The number of benzene rings is 2. The molecule has 1 saturated heterocycles. The van der Waals surface area contributed by atoms with E-state index >= 15 is 0 Å². The first kappa shape index (κ1) is 20.9. The second-order valence-electron chi connectivity index (χ2n) is 6.52. The van der Waals surface area contributed by atoms with Gasteiger partial charge in [0.1, 0.15) is 0 Å². The highest BCUT2D eigenvalue weighted by Gasteiger charge is 2.31. The quantitative estimate of drug-likeness (QED) is 0.532. The smallest absolute Gasteiger partial charge is 0.308 e. The molecule has 2 aromatic carbocycles. The van der Waals surface area contributed by atoms with Crippen molar-refractivity contribution in [1.29, 1.82) is 0 Å². The molecule has 1 aliphatic rings. The van der Waals surface area contributed by atoms with E-state index in [1.807, 2.05) is 0 Å². The van der Waals surface area contributed by atoms with E-state index in [0.29, 0.717) is 0 Å². The molecular weight excluding hydrogens is 396 g/mol. The average molecular weight is 411 g/mol. The van der Waals surface area contributed by atoms with Gasteiger partial charge in [0.25, 0.3) is 0 Å². The van der Waals surface area contributed by atoms with Gasteiger partial charge in [-0.15, -0.1) is 0 Å². The molecule has 0 bridgehead atoms. The Balaban J connectivity index is 1.90. The van der Waals surface area contributed by atoms with Crippen LogP contribution >= 0.6 is 0 Å². The maximum absolute atomic E-state index is 12.9. The molecule has 29 heavy (non-hydrogen) atoms. The van der Waals surface area contributed by atoms with Gasteiger partial charge in [0.05, 0.1) is 11.1 Å². The van der Waals surface area contributed by atoms with Gasteiger partial charge in [-0.25, -0.2) is 0 Å². The van der Waals surface area contributed by atoms with Gasteiger partial charge in [-0.3, -0.25) is 4.79 Å². The van der Waals surface area contributed by atoms with Crippen molar-refractivity contribution in [3.63, 3.8) is 0 Å². The monoisotopic (exact) mass is 411 g/mol. The van der Waals surface area contributed by atoms with Gasteiger partial charge in [0, 0.05) is 24.2 Å². The molecule has 0 aromatic heterocycles. The number of nitrogens with one attached hydrogen (secondary N) is 1. The molecule has 0 atom stereocenters. The third-order valence-corrected chi connectivity index (χ3v) is 4.32. The number of rotatable bonds is 2. The number of piperidine rings is 1. The summed E-state index contributed by atoms with van der Waals surface area (Å²) in [5, 5.41) is 2.94. The molecule has 8 heteroatoms. The van der Waals surface area contributed by atoms with Crippen LogP contribution in [0.3, 0.4) is 0 Å². The Kier molecular flexibility index (Phi) is 5.66. The second-order valence-corrected chi connectivity index (χ2v) is 6.52. The Morgan fingerprint density at radius 2 is 1.14 bits per heavy atom. The standard InChI is InChI=1S/C21H15F6NO/c22-20(23,24)17-5-1-3-13(9-17)7-15-11-28-12-16(19(15)29)8-14-4-2-6-18(10-14)21(25,26)27/h1-10,28H,11-12H2/b15-7+,16-8+. The Bertz CT molecular complexity index is 908. The number of carbonyl (C=O) groups is 1. The highest BCUT2D eigenvalue weighted by molar-refractivity contribution is 6.14. The number of ketones is 1. The third kappa shape index (κ3) is 5.14. The van der Waals surface area contributed by atoms with Gasteiger partial charge >= 0.3 is 12.4 Å². The lowest BCUT2D eigenvalue weighted by molar-refractivity contribution is -0.138. The maximum Gasteiger partial charge on any atom is 0.416 e. The fraction of sp³-hybridized carbons (Fsp3) is 0.190. The molecule has 1 N–H and O–H groups in total. The lowest BCUT2D eigenvalue weighted by atomic mass is 9.95. The van der Waals surface area contributed by atoms with Gasteiger partial charge < -0.3 is 5.32 Å². The Morgan fingerprint density at radius 1 is 0.724 bits per heavy atom. The number of Topliss-reactive ketones (excluding diaryl/α,β-unsaturated/α-hetero) is 1. The molecular formula is C21H15F6NO. The molecule has 0 unspecified atom stereocenters. The first-order valence-corrected chi connectivity index (χ1v) is 8.55. The highest BCUT2D eigenvalue weighted by atomic mass is 19.4. The fourth-order valence-corrected chi connectivity index (χ4v) is 2.94. The van der Waals surface area contributed by atoms with Crippen LogP contribution in [0.1, 0.15) is 22.3 Å². The van der Waals surface area contributed by atoms with Crippen LogP contribution in [0.25, 0.3) is 12.2 Å². The van der Waals surface area contributed by atoms with Gasteiger partial charge in [-0.2, -0.15) is 26.3 Å². The molecule has 0 aliphatic carbocycles. The number of halogens is 6. The van der Waals surface area contributed by atoms with Crippen LogP contribution in [0.5, 0.6) is 0 Å². The minimum Gasteiger partial charge on any atom is -0.308 e. The van der Waals surface area contributed by atoms with Crippen molar-refractivity contribution in [2.45, 2.75) is 12.4 Å². The summed E-state index contributed by atoms with van der Waals surface area (Å²) >= 11 is 0. The molecule has 2 nitrogen and oxygen atoms in total. The first-order chi connectivity index (χ1) is 13.5. The van der Waals surface area contributed by atoms with Crippen LogP contribution in [0, 0.1) is 0 Å². The molecule has 1 fully saturated rings. The highest BCUT2D eigenvalue weighted by Crippen LogP contribution is 2.31. The first-order valence-electron chi connectivity index (χ1n) is 8.55. The summed E-state index contributed by atoms with van der Waals surface area (Å²) in [6.45, 7) is 0.296. The SMILES string of the molecule is O=C1/C(=C/c2cccc(C(F)(F)F)c2)CNC/C1=C\c1cccc(C(F)(F)F)c1. The predicted molar refractivity (Wildman–Crippen MR) is 96.7 cm³/mol. The van der Waals surface area contributed by atoms with Gasteiger partial charge in [0.15, 0.2) is 5.78 Å². The topological polar surface area (TPSA) is 29.1 Å². The lowest BCUT2D eigenvalue weighted by Crippen LogP contribution is -2.32. The van der Waals surface area contributed by atoms with Crippen LogP contribution in [0.2, 0.25) is 0 Å². The minimum atomic E-state index is -4.50. The molecule has 0 saturated carbocycles. The van der Waals surface area contributed by atoms with E-state index in [1.54, 1.807) is 0 Å². The van der Waals surface area contributed by atoms with Crippen LogP contribution < -0.4 is 5.32 Å². The molecule has 3 rings (SSSR count). The maximum atomic E-state index is 12.9. The normalized spacial score (nSPS) is 18.5. The van der Waals surface area contributed by atoms with E-state index in [2.05, 4.69) is 5.32 Å². The Morgan fingerprint density at radius 3 is 1.52 bits per heavy atom. The molecule has 2 aromatic rings. The van der Waals surface area contributed by atoms with Crippen molar-refractivity contribution in [2.75, 3.05) is 13.1 Å². The van der Waals surface area contributed by atoms with Gasteiger partial charge in [0.2, 0.25) is 0 Å². The van der Waals surface area contributed by atoms with Crippen molar-refractivity contribution in [1.82, 2.24) is 5.32 Å². The Labute approximate surface area is 162 Å². The van der Waals surface area contributed by atoms with E-state index in [1.165, 1.54) is 36.4 Å². The average Bonchev–Trinajstić information content (AvgIpc) is 2.64. The summed E-state index contributed by atoms with van der Waals surface area (Å²) in [6, 6.07) is 9.12. The number of alkyl halides is 6. The molecule has 0 radical (unpaired) electrons. The molecule has 0 spiro atoms.